The van der Waals surface area contributed by atoms with Gasteiger partial charge in [0.15, 0.2) is 0 Å². The van der Waals surface area contributed by atoms with Crippen LogP contribution in [-0.4, -0.2) is 25.6 Å². The number of nitrogens with one attached hydrogen (secondary N) is 2. The minimum Gasteiger partial charge on any atom is -0.491 e. The molecule has 2 atom stereocenters. The van der Waals surface area contributed by atoms with Crippen LogP contribution >= 0.6 is 11.6 Å². The molecule has 0 aliphatic carbocycles. The van der Waals surface area contributed by atoms with Crippen LogP contribution in [0.3, 0.4) is 0 Å². The van der Waals surface area contributed by atoms with Crippen LogP contribution in [0.1, 0.15) is 39.5 Å². The van der Waals surface area contributed by atoms with Gasteiger partial charge in [-0.1, -0.05) is 25.4 Å². The lowest BCUT2D eigenvalue weighted by Crippen LogP contribution is -2.34. The topological polar surface area (TPSA) is 50.4 Å². The highest BCUT2D eigenvalue weighted by Gasteiger charge is 2.22. The molecule has 23 heavy (non-hydrogen) atoms. The molecule has 1 aromatic carbocycles. The van der Waals surface area contributed by atoms with E-state index in [2.05, 4.69) is 17.6 Å². The van der Waals surface area contributed by atoms with E-state index in [0.29, 0.717) is 41.3 Å². The molecule has 2 N–H and O–H groups in total. The number of ether oxygens (including phenoxy) is 1. The quantitative estimate of drug-likeness (QED) is 0.787. The Bertz CT molecular complexity index is 516. The van der Waals surface area contributed by atoms with Gasteiger partial charge in [0.1, 0.15) is 5.75 Å². The van der Waals surface area contributed by atoms with Crippen LogP contribution in [0.5, 0.6) is 5.75 Å². The van der Waals surface area contributed by atoms with Crippen molar-refractivity contribution in [3.05, 3.63) is 23.2 Å². The first-order valence-electron chi connectivity index (χ1n) is 8.53. The van der Waals surface area contributed by atoms with Crippen molar-refractivity contribution >= 4 is 23.2 Å². The summed E-state index contributed by atoms with van der Waals surface area (Å²) in [7, 11) is 0. The Morgan fingerprint density at radius 3 is 3.04 bits per heavy atom. The fourth-order valence-electron chi connectivity index (χ4n) is 2.96. The number of hydrogen-bond donors (Lipinski definition) is 2. The summed E-state index contributed by atoms with van der Waals surface area (Å²) in [5.74, 6) is 1.63. The highest BCUT2D eigenvalue weighted by molar-refractivity contribution is 6.31. The highest BCUT2D eigenvalue weighted by atomic mass is 35.5. The molecule has 1 amide bonds. The van der Waals surface area contributed by atoms with Gasteiger partial charge in [0.05, 0.1) is 12.3 Å². The van der Waals surface area contributed by atoms with Crippen molar-refractivity contribution in [3.8, 4) is 5.75 Å². The fourth-order valence-corrected chi connectivity index (χ4v) is 3.13. The van der Waals surface area contributed by atoms with Gasteiger partial charge in [-0.2, -0.15) is 0 Å². The molecule has 128 valence electrons. The van der Waals surface area contributed by atoms with E-state index in [-0.39, 0.29) is 5.91 Å². The lowest BCUT2D eigenvalue weighted by Gasteiger charge is -2.28. The Labute approximate surface area is 143 Å². The smallest absolute Gasteiger partial charge is 0.224 e. The van der Waals surface area contributed by atoms with Crippen LogP contribution in [0.2, 0.25) is 5.02 Å². The lowest BCUT2D eigenvalue weighted by atomic mass is 9.85. The molecular formula is C18H27ClN2O2. The summed E-state index contributed by atoms with van der Waals surface area (Å²) in [6, 6.07) is 5.33. The second-order valence-corrected chi connectivity index (χ2v) is 6.76. The van der Waals surface area contributed by atoms with E-state index in [4.69, 9.17) is 16.3 Å². The summed E-state index contributed by atoms with van der Waals surface area (Å²) < 4.78 is 5.68. The van der Waals surface area contributed by atoms with Crippen molar-refractivity contribution in [2.45, 2.75) is 39.5 Å². The second-order valence-electron chi connectivity index (χ2n) is 6.32. The van der Waals surface area contributed by atoms with Crippen LogP contribution in [0.4, 0.5) is 5.69 Å². The molecule has 1 fully saturated rings. The molecule has 5 heteroatoms. The Balaban J connectivity index is 1.94. The van der Waals surface area contributed by atoms with Crippen molar-refractivity contribution < 1.29 is 9.53 Å². The van der Waals surface area contributed by atoms with Gasteiger partial charge in [0.25, 0.3) is 0 Å². The van der Waals surface area contributed by atoms with Gasteiger partial charge in [0.2, 0.25) is 5.91 Å². The molecule has 1 aliphatic rings. The van der Waals surface area contributed by atoms with Gasteiger partial charge < -0.3 is 15.4 Å². The maximum atomic E-state index is 12.4. The molecule has 1 aromatic rings. The molecule has 0 saturated carbocycles. The minimum absolute atomic E-state index is 0.0201. The first-order valence-corrected chi connectivity index (χ1v) is 8.91. The Morgan fingerprint density at radius 1 is 1.52 bits per heavy atom. The van der Waals surface area contributed by atoms with Crippen molar-refractivity contribution in [2.24, 2.45) is 11.8 Å². The van der Waals surface area contributed by atoms with Gasteiger partial charge in [-0.15, -0.1) is 0 Å². The van der Waals surface area contributed by atoms with Gasteiger partial charge in [0, 0.05) is 11.4 Å². The zero-order chi connectivity index (χ0) is 16.7. The van der Waals surface area contributed by atoms with E-state index >= 15 is 0 Å². The number of anilines is 1. The molecule has 0 spiro atoms. The molecule has 1 heterocycles. The first kappa shape index (κ1) is 18.1. The number of carbonyl (C=O) groups is 1. The van der Waals surface area contributed by atoms with E-state index in [1.54, 1.807) is 12.1 Å². The van der Waals surface area contributed by atoms with Gasteiger partial charge >= 0.3 is 0 Å². The second kappa shape index (κ2) is 9.14. The van der Waals surface area contributed by atoms with Crippen LogP contribution in [0, 0.1) is 11.8 Å². The van der Waals surface area contributed by atoms with Gasteiger partial charge in [-0.3, -0.25) is 4.79 Å². The number of benzene rings is 1. The monoisotopic (exact) mass is 338 g/mol. The zero-order valence-corrected chi connectivity index (χ0v) is 14.8. The summed E-state index contributed by atoms with van der Waals surface area (Å²) in [6.45, 7) is 6.93. The molecule has 0 bridgehead atoms. The first-order chi connectivity index (χ1) is 11.1. The number of hydrogen-bond acceptors (Lipinski definition) is 3. The number of piperidine rings is 1. The largest absolute Gasteiger partial charge is 0.491 e. The highest BCUT2D eigenvalue weighted by Crippen LogP contribution is 2.29. The molecule has 2 rings (SSSR count). The number of carbonyl (C=O) groups excluding carboxylic acids is 1. The van der Waals surface area contributed by atoms with Crippen molar-refractivity contribution in [3.63, 3.8) is 0 Å². The molecule has 1 aliphatic heterocycles. The van der Waals surface area contributed by atoms with Crippen LogP contribution in [-0.2, 0) is 4.79 Å². The van der Waals surface area contributed by atoms with Crippen molar-refractivity contribution in [1.82, 2.24) is 5.32 Å². The average molecular weight is 339 g/mol. The molecule has 1 saturated heterocycles. The number of amides is 1. The SMILES string of the molecule is CCCOc1ccc(Cl)cc1NC(=O)CC(C)C1CCCNC1. The van der Waals surface area contributed by atoms with E-state index < -0.39 is 0 Å². The summed E-state index contributed by atoms with van der Waals surface area (Å²) in [6.07, 6.45) is 3.83. The standard InChI is InChI=1S/C18H27ClN2O2/c1-3-9-23-17-7-6-15(19)11-16(17)21-18(22)10-13(2)14-5-4-8-20-12-14/h6-7,11,13-14,20H,3-5,8-10,12H2,1-2H3,(H,21,22). The third-order valence-electron chi connectivity index (χ3n) is 4.32. The van der Waals surface area contributed by atoms with E-state index in [1.165, 1.54) is 12.8 Å². The fraction of sp³-hybridized carbons (Fsp3) is 0.611. The molecule has 0 aromatic heterocycles. The van der Waals surface area contributed by atoms with Gasteiger partial charge in [-0.05, 0) is 62.4 Å². The predicted octanol–water partition coefficient (Wildman–Crippen LogP) is 4.09. The summed E-state index contributed by atoms with van der Waals surface area (Å²) in [4.78, 5) is 12.4. The molecule has 2 unspecified atom stereocenters. The third kappa shape index (κ3) is 5.70. The van der Waals surface area contributed by atoms with Crippen LogP contribution in [0.15, 0.2) is 18.2 Å². The third-order valence-corrected chi connectivity index (χ3v) is 4.56. The maximum Gasteiger partial charge on any atom is 0.224 e. The van der Waals surface area contributed by atoms with Gasteiger partial charge in [-0.25, -0.2) is 0 Å². The minimum atomic E-state index is 0.0201. The van der Waals surface area contributed by atoms with E-state index in [1.807, 2.05) is 13.0 Å². The molecule has 4 nitrogen and oxygen atoms in total. The summed E-state index contributed by atoms with van der Waals surface area (Å²) in [5, 5.41) is 6.96. The van der Waals surface area contributed by atoms with E-state index in [0.717, 1.165) is 19.5 Å². The Hall–Kier alpha value is -1.26. The zero-order valence-electron chi connectivity index (χ0n) is 14.0. The van der Waals surface area contributed by atoms with Crippen molar-refractivity contribution in [2.75, 3.05) is 25.0 Å². The number of rotatable bonds is 7. The maximum absolute atomic E-state index is 12.4. The number of halogens is 1. The summed E-state index contributed by atoms with van der Waals surface area (Å²) in [5.41, 5.74) is 0.657. The van der Waals surface area contributed by atoms with Crippen molar-refractivity contribution in [1.29, 1.82) is 0 Å². The molecular weight excluding hydrogens is 312 g/mol. The van der Waals surface area contributed by atoms with Crippen LogP contribution < -0.4 is 15.4 Å². The lowest BCUT2D eigenvalue weighted by molar-refractivity contribution is -0.117. The average Bonchev–Trinajstić information content (AvgIpc) is 2.55. The predicted molar refractivity (Wildman–Crippen MR) is 95.2 cm³/mol. The Morgan fingerprint density at radius 2 is 2.35 bits per heavy atom. The Kier molecular flexibility index (Phi) is 7.18. The molecule has 0 radical (unpaired) electrons. The van der Waals surface area contributed by atoms with E-state index in [9.17, 15) is 4.79 Å². The normalized spacial score (nSPS) is 19.2. The summed E-state index contributed by atoms with van der Waals surface area (Å²) >= 11 is 6.05. The van der Waals surface area contributed by atoms with Crippen LogP contribution in [0.25, 0.3) is 0 Å².